The van der Waals surface area contributed by atoms with Crippen LogP contribution in [0.4, 0.5) is 0 Å². The Balaban J connectivity index is 2.71. The van der Waals surface area contributed by atoms with Crippen LogP contribution in [0.2, 0.25) is 0 Å². The van der Waals surface area contributed by atoms with Crippen molar-refractivity contribution in [3.05, 3.63) is 44.4 Å². The quantitative estimate of drug-likeness (QED) is 0.652. The number of nitrogens with zero attached hydrogens (tertiary/aromatic N) is 1. The average Bonchev–Trinajstić information content (AvgIpc) is 2.04. The zero-order chi connectivity index (χ0) is 9.84. The zero-order valence-electron chi connectivity index (χ0n) is 6.68. The molecule has 0 saturated heterocycles. The smallest absolute Gasteiger partial charge is 0.233 e. The summed E-state index contributed by atoms with van der Waals surface area (Å²) in [7, 11) is 0. The molecule has 0 aliphatic carbocycles. The van der Waals surface area contributed by atoms with Crippen LogP contribution in [-0.4, -0.2) is 16.6 Å². The molecule has 0 fully saturated rings. The molecule has 5 heteroatoms. The summed E-state index contributed by atoms with van der Waals surface area (Å²) < 4.78 is 0.879. The van der Waals surface area contributed by atoms with Gasteiger partial charge in [-0.25, -0.2) is 0 Å². The van der Waals surface area contributed by atoms with E-state index < -0.39 is 17.6 Å². The highest BCUT2D eigenvalue weighted by atomic mass is 79.9. The molecule has 0 bridgehead atoms. The van der Waals surface area contributed by atoms with Crippen LogP contribution in [0.25, 0.3) is 0 Å². The third-order valence-corrected chi connectivity index (χ3v) is 2.11. The second-order valence-corrected chi connectivity index (χ2v) is 3.50. The van der Waals surface area contributed by atoms with E-state index in [-0.39, 0.29) is 0 Å². The van der Waals surface area contributed by atoms with Crippen LogP contribution in [0.1, 0.15) is 11.7 Å². The molecule has 1 rings (SSSR count). The molecule has 4 nitrogen and oxygen atoms in total. The number of hydrogen-bond donors (Lipinski definition) is 1. The van der Waals surface area contributed by atoms with Gasteiger partial charge in [0.05, 0.1) is 0 Å². The van der Waals surface area contributed by atoms with Gasteiger partial charge in [0.25, 0.3) is 0 Å². The summed E-state index contributed by atoms with van der Waals surface area (Å²) in [6.07, 6.45) is -1.02. The van der Waals surface area contributed by atoms with Gasteiger partial charge in [-0.15, -0.1) is 0 Å². The van der Waals surface area contributed by atoms with Crippen LogP contribution in [0.15, 0.2) is 28.7 Å². The summed E-state index contributed by atoms with van der Waals surface area (Å²) in [6, 6.07) is 6.77. The van der Waals surface area contributed by atoms with Crippen LogP contribution >= 0.6 is 15.9 Å². The molecule has 0 heterocycles. The van der Waals surface area contributed by atoms with Crippen molar-refractivity contribution in [2.75, 3.05) is 6.54 Å². The van der Waals surface area contributed by atoms with E-state index in [1.807, 2.05) is 0 Å². The lowest BCUT2D eigenvalue weighted by Crippen LogP contribution is -2.11. The first-order valence-electron chi connectivity index (χ1n) is 3.65. The van der Waals surface area contributed by atoms with Gasteiger partial charge in [0.2, 0.25) is 6.54 Å². The highest BCUT2D eigenvalue weighted by molar-refractivity contribution is 9.10. The Morgan fingerprint density at radius 2 is 2.00 bits per heavy atom. The SMILES string of the molecule is O=[N+]([O-])C[C@@H](O)c1ccc(Br)cc1. The average molecular weight is 246 g/mol. The molecule has 0 aliphatic rings. The largest absolute Gasteiger partial charge is 0.382 e. The van der Waals surface area contributed by atoms with Gasteiger partial charge >= 0.3 is 0 Å². The zero-order valence-corrected chi connectivity index (χ0v) is 8.27. The van der Waals surface area contributed by atoms with E-state index in [1.165, 1.54) is 0 Å². The van der Waals surface area contributed by atoms with Crippen molar-refractivity contribution in [2.45, 2.75) is 6.10 Å². The minimum atomic E-state index is -1.02. The number of nitro groups is 1. The van der Waals surface area contributed by atoms with Gasteiger partial charge in [0.1, 0.15) is 6.10 Å². The van der Waals surface area contributed by atoms with Gasteiger partial charge in [0, 0.05) is 9.40 Å². The van der Waals surface area contributed by atoms with Crippen molar-refractivity contribution in [1.29, 1.82) is 0 Å². The fourth-order valence-corrected chi connectivity index (χ4v) is 1.20. The van der Waals surface area contributed by atoms with E-state index in [1.54, 1.807) is 24.3 Å². The summed E-state index contributed by atoms with van der Waals surface area (Å²) in [5, 5.41) is 19.4. The second-order valence-electron chi connectivity index (χ2n) is 2.58. The van der Waals surface area contributed by atoms with Crippen molar-refractivity contribution in [3.8, 4) is 0 Å². The molecular formula is C8H8BrNO3. The molecule has 0 saturated carbocycles. The monoisotopic (exact) mass is 245 g/mol. The fourth-order valence-electron chi connectivity index (χ4n) is 0.932. The molecule has 70 valence electrons. The van der Waals surface area contributed by atoms with E-state index in [0.29, 0.717) is 5.56 Å². The molecule has 0 aliphatic heterocycles. The summed E-state index contributed by atoms with van der Waals surface area (Å²) >= 11 is 3.23. The normalized spacial score (nSPS) is 12.5. The third-order valence-electron chi connectivity index (χ3n) is 1.58. The highest BCUT2D eigenvalue weighted by Crippen LogP contribution is 2.16. The lowest BCUT2D eigenvalue weighted by atomic mass is 10.1. The molecule has 1 aromatic rings. The predicted octanol–water partition coefficient (Wildman–Crippen LogP) is 1.76. The van der Waals surface area contributed by atoms with Gasteiger partial charge in [-0.3, -0.25) is 10.1 Å². The van der Waals surface area contributed by atoms with Crippen LogP contribution in [0.5, 0.6) is 0 Å². The Bertz CT molecular complexity index is 299. The lowest BCUT2D eigenvalue weighted by molar-refractivity contribution is -0.491. The maximum Gasteiger partial charge on any atom is 0.233 e. The number of hydrogen-bond acceptors (Lipinski definition) is 3. The van der Waals surface area contributed by atoms with Crippen molar-refractivity contribution >= 4 is 15.9 Å². The van der Waals surface area contributed by atoms with Gasteiger partial charge in [-0.1, -0.05) is 28.1 Å². The van der Waals surface area contributed by atoms with E-state index in [2.05, 4.69) is 15.9 Å². The minimum Gasteiger partial charge on any atom is -0.382 e. The first-order chi connectivity index (χ1) is 6.09. The molecule has 0 unspecified atom stereocenters. The molecule has 1 N–H and O–H groups in total. The standard InChI is InChI=1S/C8H8BrNO3/c9-7-3-1-6(2-4-7)8(11)5-10(12)13/h1-4,8,11H,5H2/t8-/m1/s1. The van der Waals surface area contributed by atoms with Crippen molar-refractivity contribution in [1.82, 2.24) is 0 Å². The molecule has 13 heavy (non-hydrogen) atoms. The van der Waals surface area contributed by atoms with Gasteiger partial charge in [-0.2, -0.15) is 0 Å². The van der Waals surface area contributed by atoms with E-state index in [9.17, 15) is 15.2 Å². The summed E-state index contributed by atoms with van der Waals surface area (Å²) in [6.45, 7) is -0.457. The Morgan fingerprint density at radius 1 is 1.46 bits per heavy atom. The van der Waals surface area contributed by atoms with Crippen LogP contribution in [0.3, 0.4) is 0 Å². The van der Waals surface area contributed by atoms with Gasteiger partial charge < -0.3 is 5.11 Å². The Hall–Kier alpha value is -0.940. The van der Waals surface area contributed by atoms with Crippen LogP contribution in [-0.2, 0) is 0 Å². The number of halogens is 1. The summed E-state index contributed by atoms with van der Waals surface area (Å²) in [5.41, 5.74) is 0.555. The lowest BCUT2D eigenvalue weighted by Gasteiger charge is -2.05. The molecule has 0 spiro atoms. The van der Waals surface area contributed by atoms with E-state index >= 15 is 0 Å². The number of rotatable bonds is 3. The van der Waals surface area contributed by atoms with Crippen molar-refractivity contribution in [2.24, 2.45) is 0 Å². The highest BCUT2D eigenvalue weighted by Gasteiger charge is 2.13. The maximum absolute atomic E-state index is 10.1. The van der Waals surface area contributed by atoms with E-state index in [0.717, 1.165) is 4.47 Å². The first kappa shape index (κ1) is 10.1. The number of aliphatic hydroxyl groups excluding tert-OH is 1. The van der Waals surface area contributed by atoms with Crippen molar-refractivity contribution in [3.63, 3.8) is 0 Å². The first-order valence-corrected chi connectivity index (χ1v) is 4.44. The summed E-state index contributed by atoms with van der Waals surface area (Å²) in [5.74, 6) is 0. The fraction of sp³-hybridized carbons (Fsp3) is 0.250. The van der Waals surface area contributed by atoms with Crippen LogP contribution < -0.4 is 0 Å². The maximum atomic E-state index is 10.1. The Labute approximate surface area is 83.5 Å². The Kier molecular flexibility index (Phi) is 3.39. The topological polar surface area (TPSA) is 63.4 Å². The van der Waals surface area contributed by atoms with Crippen LogP contribution in [0, 0.1) is 10.1 Å². The van der Waals surface area contributed by atoms with Gasteiger partial charge in [-0.05, 0) is 17.7 Å². The predicted molar refractivity (Wildman–Crippen MR) is 51.0 cm³/mol. The molecule has 0 amide bonds. The molecular weight excluding hydrogens is 238 g/mol. The van der Waals surface area contributed by atoms with Crippen molar-refractivity contribution < 1.29 is 10.0 Å². The Morgan fingerprint density at radius 3 is 2.46 bits per heavy atom. The summed E-state index contributed by atoms with van der Waals surface area (Å²) in [4.78, 5) is 9.55. The second kappa shape index (κ2) is 4.34. The molecule has 0 aromatic heterocycles. The minimum absolute atomic E-state index is 0.457. The van der Waals surface area contributed by atoms with Gasteiger partial charge in [0.15, 0.2) is 0 Å². The molecule has 1 aromatic carbocycles. The molecule has 0 radical (unpaired) electrons. The molecule has 1 atom stereocenters. The van der Waals surface area contributed by atoms with E-state index in [4.69, 9.17) is 0 Å². The third kappa shape index (κ3) is 3.12. The number of benzene rings is 1. The number of aliphatic hydroxyl groups is 1.